The van der Waals surface area contributed by atoms with E-state index in [1.54, 1.807) is 29.2 Å². The Morgan fingerprint density at radius 1 is 1.23 bits per heavy atom. The van der Waals surface area contributed by atoms with E-state index in [2.05, 4.69) is 4.72 Å². The highest BCUT2D eigenvalue weighted by Crippen LogP contribution is 2.24. The molecule has 1 amide bonds. The van der Waals surface area contributed by atoms with Gasteiger partial charge in [0.05, 0.1) is 11.0 Å². The summed E-state index contributed by atoms with van der Waals surface area (Å²) in [5, 5.41) is 0. The lowest BCUT2D eigenvalue weighted by Gasteiger charge is -2.23. The number of sulfonamides is 1. The molecular weight excluding hydrogens is 352 g/mol. The van der Waals surface area contributed by atoms with E-state index in [4.69, 9.17) is 4.74 Å². The molecular formula is C19H30N2O4S. The summed E-state index contributed by atoms with van der Waals surface area (Å²) in [5.74, 6) is 0.991. The number of rotatable bonds is 9. The Kier molecular flexibility index (Phi) is 7.46. The van der Waals surface area contributed by atoms with Crippen molar-refractivity contribution < 1.29 is 17.9 Å². The minimum atomic E-state index is -3.60. The van der Waals surface area contributed by atoms with Crippen molar-refractivity contribution in [3.05, 3.63) is 24.3 Å². The number of benzene rings is 1. The molecule has 0 bridgehead atoms. The average molecular weight is 383 g/mol. The van der Waals surface area contributed by atoms with Crippen LogP contribution in [0.15, 0.2) is 29.2 Å². The topological polar surface area (TPSA) is 75.7 Å². The highest BCUT2D eigenvalue weighted by atomic mass is 32.2. The van der Waals surface area contributed by atoms with Crippen LogP contribution in [0.4, 0.5) is 0 Å². The molecule has 1 aromatic carbocycles. The number of nitrogens with zero attached hydrogens (tertiary/aromatic N) is 1. The van der Waals surface area contributed by atoms with Crippen LogP contribution < -0.4 is 9.46 Å². The van der Waals surface area contributed by atoms with E-state index in [-0.39, 0.29) is 23.5 Å². The number of carbonyl (C=O) groups excluding carboxylic acids is 1. The normalized spacial score (nSPS) is 15.4. The molecule has 1 aliphatic carbocycles. The minimum absolute atomic E-state index is 0.0497. The third kappa shape index (κ3) is 6.29. The van der Waals surface area contributed by atoms with Gasteiger partial charge in [-0.25, -0.2) is 13.1 Å². The van der Waals surface area contributed by atoms with Crippen LogP contribution in [0.1, 0.15) is 46.5 Å². The molecule has 0 atom stereocenters. The van der Waals surface area contributed by atoms with Crippen molar-refractivity contribution in [2.75, 3.05) is 19.6 Å². The van der Waals surface area contributed by atoms with E-state index in [1.165, 1.54) is 19.8 Å². The lowest BCUT2D eigenvalue weighted by Crippen LogP contribution is -2.39. The van der Waals surface area contributed by atoms with Crippen molar-refractivity contribution in [1.82, 2.24) is 9.62 Å². The lowest BCUT2D eigenvalue weighted by atomic mass is 10.2. The maximum Gasteiger partial charge on any atom is 0.240 e. The van der Waals surface area contributed by atoms with E-state index in [0.717, 1.165) is 12.8 Å². The summed E-state index contributed by atoms with van der Waals surface area (Å²) in [6, 6.07) is 6.52. The fourth-order valence-corrected chi connectivity index (χ4v) is 4.13. The monoisotopic (exact) mass is 382 g/mol. The van der Waals surface area contributed by atoms with Crippen LogP contribution in [0.3, 0.4) is 0 Å². The van der Waals surface area contributed by atoms with E-state index >= 15 is 0 Å². The summed E-state index contributed by atoms with van der Waals surface area (Å²) in [4.78, 5) is 13.5. The number of ether oxygens (including phenoxy) is 1. The average Bonchev–Trinajstić information content (AvgIpc) is 3.07. The third-order valence-electron chi connectivity index (χ3n) is 4.44. The number of amides is 1. The second-order valence-electron chi connectivity index (χ2n) is 7.25. The molecule has 1 aromatic rings. The molecule has 0 unspecified atom stereocenters. The number of carbonyl (C=O) groups is 1. The van der Waals surface area contributed by atoms with Gasteiger partial charge in [-0.05, 0) is 55.9 Å². The van der Waals surface area contributed by atoms with Gasteiger partial charge in [-0.3, -0.25) is 4.79 Å². The predicted octanol–water partition coefficient (Wildman–Crippen LogP) is 2.79. The fraction of sp³-hybridized carbons (Fsp3) is 0.632. The lowest BCUT2D eigenvalue weighted by molar-refractivity contribution is -0.129. The summed E-state index contributed by atoms with van der Waals surface area (Å²) in [6.45, 7) is 6.71. The first kappa shape index (κ1) is 20.7. The van der Waals surface area contributed by atoms with Crippen LogP contribution in [-0.4, -0.2) is 45.0 Å². The SMILES string of the molecule is CC(=O)N(CCNS(=O)(=O)c1ccc(OC2CCCC2)cc1)CC(C)C. The quantitative estimate of drug-likeness (QED) is 0.713. The second-order valence-corrected chi connectivity index (χ2v) is 9.02. The van der Waals surface area contributed by atoms with Crippen molar-refractivity contribution in [3.63, 3.8) is 0 Å². The molecule has 0 radical (unpaired) electrons. The van der Waals surface area contributed by atoms with Crippen molar-refractivity contribution >= 4 is 15.9 Å². The maximum atomic E-state index is 12.4. The zero-order valence-corrected chi connectivity index (χ0v) is 16.7. The van der Waals surface area contributed by atoms with Crippen LogP contribution in [-0.2, 0) is 14.8 Å². The van der Waals surface area contributed by atoms with E-state index < -0.39 is 10.0 Å². The molecule has 1 fully saturated rings. The van der Waals surface area contributed by atoms with Crippen LogP contribution in [0.5, 0.6) is 5.75 Å². The van der Waals surface area contributed by atoms with Gasteiger partial charge in [0.2, 0.25) is 15.9 Å². The minimum Gasteiger partial charge on any atom is -0.490 e. The molecule has 0 heterocycles. The Balaban J connectivity index is 1.89. The van der Waals surface area contributed by atoms with Crippen molar-refractivity contribution in [2.24, 2.45) is 5.92 Å². The van der Waals surface area contributed by atoms with Gasteiger partial charge in [0, 0.05) is 26.6 Å². The molecule has 0 spiro atoms. The van der Waals surface area contributed by atoms with Gasteiger partial charge in [-0.2, -0.15) is 0 Å². The maximum absolute atomic E-state index is 12.4. The van der Waals surface area contributed by atoms with Gasteiger partial charge in [0.15, 0.2) is 0 Å². The Hall–Kier alpha value is -1.60. The molecule has 0 saturated heterocycles. The summed E-state index contributed by atoms with van der Waals surface area (Å²) < 4.78 is 33.2. The Morgan fingerprint density at radius 3 is 2.38 bits per heavy atom. The van der Waals surface area contributed by atoms with Crippen molar-refractivity contribution in [2.45, 2.75) is 57.5 Å². The van der Waals surface area contributed by atoms with Gasteiger partial charge in [0.1, 0.15) is 5.75 Å². The number of hydrogen-bond acceptors (Lipinski definition) is 4. The summed E-state index contributed by atoms with van der Waals surface area (Å²) in [5.41, 5.74) is 0. The van der Waals surface area contributed by atoms with E-state index in [9.17, 15) is 13.2 Å². The van der Waals surface area contributed by atoms with Crippen molar-refractivity contribution in [1.29, 1.82) is 0 Å². The van der Waals surface area contributed by atoms with Crippen LogP contribution in [0.25, 0.3) is 0 Å². The molecule has 7 heteroatoms. The molecule has 146 valence electrons. The molecule has 1 saturated carbocycles. The summed E-state index contributed by atoms with van der Waals surface area (Å²) in [7, 11) is -3.60. The number of nitrogens with one attached hydrogen (secondary N) is 1. The van der Waals surface area contributed by atoms with Crippen LogP contribution >= 0.6 is 0 Å². The highest BCUT2D eigenvalue weighted by molar-refractivity contribution is 7.89. The third-order valence-corrected chi connectivity index (χ3v) is 5.92. The zero-order chi connectivity index (χ0) is 19.2. The van der Waals surface area contributed by atoms with Gasteiger partial charge in [-0.1, -0.05) is 13.8 Å². The molecule has 2 rings (SSSR count). The highest BCUT2D eigenvalue weighted by Gasteiger charge is 2.18. The fourth-order valence-electron chi connectivity index (χ4n) is 3.11. The standard InChI is InChI=1S/C19H30N2O4S/c1-15(2)14-21(16(3)22)13-12-20-26(23,24)19-10-8-18(9-11-19)25-17-6-4-5-7-17/h8-11,15,17,20H,4-7,12-14H2,1-3H3. The van der Waals surface area contributed by atoms with Crippen molar-refractivity contribution in [3.8, 4) is 5.75 Å². The Labute approximate surface area is 157 Å². The smallest absolute Gasteiger partial charge is 0.240 e. The Morgan fingerprint density at radius 2 is 1.85 bits per heavy atom. The molecule has 26 heavy (non-hydrogen) atoms. The first-order valence-corrected chi connectivity index (χ1v) is 10.8. The largest absolute Gasteiger partial charge is 0.490 e. The van der Waals surface area contributed by atoms with E-state index in [0.29, 0.717) is 24.8 Å². The first-order chi connectivity index (χ1) is 12.3. The summed E-state index contributed by atoms with van der Waals surface area (Å²) >= 11 is 0. The first-order valence-electron chi connectivity index (χ1n) is 9.30. The van der Waals surface area contributed by atoms with Crippen LogP contribution in [0.2, 0.25) is 0 Å². The van der Waals surface area contributed by atoms with Gasteiger partial charge < -0.3 is 9.64 Å². The second kappa shape index (κ2) is 9.37. The van der Waals surface area contributed by atoms with Gasteiger partial charge >= 0.3 is 0 Å². The summed E-state index contributed by atoms with van der Waals surface area (Å²) in [6.07, 6.45) is 4.74. The predicted molar refractivity (Wildman–Crippen MR) is 102 cm³/mol. The van der Waals surface area contributed by atoms with Gasteiger partial charge in [0.25, 0.3) is 0 Å². The number of hydrogen-bond donors (Lipinski definition) is 1. The molecule has 0 aromatic heterocycles. The van der Waals surface area contributed by atoms with E-state index in [1.807, 2.05) is 13.8 Å². The zero-order valence-electron chi connectivity index (χ0n) is 15.9. The van der Waals surface area contributed by atoms with Crippen LogP contribution in [0, 0.1) is 5.92 Å². The molecule has 0 aliphatic heterocycles. The molecule has 6 nitrogen and oxygen atoms in total. The molecule has 1 aliphatic rings. The molecule has 1 N–H and O–H groups in total. The van der Waals surface area contributed by atoms with Gasteiger partial charge in [-0.15, -0.1) is 0 Å². The Bertz CT molecular complexity index is 680.